The summed E-state index contributed by atoms with van der Waals surface area (Å²) in [4.78, 5) is 14.1. The molecule has 0 aliphatic carbocycles. The minimum atomic E-state index is -0.329. The molecule has 1 atom stereocenters. The fourth-order valence-electron chi connectivity index (χ4n) is 1.90. The summed E-state index contributed by atoms with van der Waals surface area (Å²) < 4.78 is 6.00. The molecular formula is C12H12Cl2INO3. The first-order chi connectivity index (χ1) is 9.02. The van der Waals surface area contributed by atoms with Crippen LogP contribution in [0.2, 0.25) is 10.0 Å². The van der Waals surface area contributed by atoms with E-state index in [4.69, 9.17) is 33.0 Å². The maximum atomic E-state index is 12.5. The van der Waals surface area contributed by atoms with E-state index in [9.17, 15) is 4.79 Å². The molecule has 1 fully saturated rings. The smallest absolute Gasteiger partial charge is 0.255 e. The number of aliphatic hydroxyl groups is 1. The second-order valence-electron chi connectivity index (χ2n) is 4.18. The Labute approximate surface area is 134 Å². The Morgan fingerprint density at radius 2 is 2.26 bits per heavy atom. The van der Waals surface area contributed by atoms with E-state index in [-0.39, 0.29) is 18.6 Å². The molecule has 0 spiro atoms. The second kappa shape index (κ2) is 6.58. The van der Waals surface area contributed by atoms with Gasteiger partial charge < -0.3 is 14.7 Å². The van der Waals surface area contributed by atoms with Crippen LogP contribution in [0, 0.1) is 3.57 Å². The highest BCUT2D eigenvalue weighted by atomic mass is 127. The van der Waals surface area contributed by atoms with E-state index in [1.165, 1.54) is 0 Å². The van der Waals surface area contributed by atoms with E-state index in [2.05, 4.69) is 0 Å². The minimum Gasteiger partial charge on any atom is -0.394 e. The van der Waals surface area contributed by atoms with E-state index < -0.39 is 0 Å². The van der Waals surface area contributed by atoms with Crippen LogP contribution in [0.3, 0.4) is 0 Å². The maximum absolute atomic E-state index is 12.5. The van der Waals surface area contributed by atoms with Gasteiger partial charge in [0.15, 0.2) is 0 Å². The van der Waals surface area contributed by atoms with Crippen molar-refractivity contribution in [1.29, 1.82) is 0 Å². The molecule has 1 aliphatic rings. The Morgan fingerprint density at radius 3 is 2.95 bits per heavy atom. The molecule has 0 radical (unpaired) electrons. The van der Waals surface area contributed by atoms with Crippen LogP contribution in [-0.2, 0) is 4.74 Å². The summed E-state index contributed by atoms with van der Waals surface area (Å²) in [6.07, 6.45) is -0.329. The lowest BCUT2D eigenvalue weighted by Gasteiger charge is -2.32. The van der Waals surface area contributed by atoms with Gasteiger partial charge in [-0.2, -0.15) is 0 Å². The Hall–Kier alpha value is -0.0800. The topological polar surface area (TPSA) is 49.8 Å². The maximum Gasteiger partial charge on any atom is 0.255 e. The van der Waals surface area contributed by atoms with Gasteiger partial charge in [0, 0.05) is 21.7 Å². The Bertz CT molecular complexity index is 498. The van der Waals surface area contributed by atoms with E-state index in [0.29, 0.717) is 38.9 Å². The highest BCUT2D eigenvalue weighted by Gasteiger charge is 2.26. The third-order valence-electron chi connectivity index (χ3n) is 2.85. The van der Waals surface area contributed by atoms with Crippen molar-refractivity contribution in [3.8, 4) is 0 Å². The Kier molecular flexibility index (Phi) is 5.30. The van der Waals surface area contributed by atoms with Crippen molar-refractivity contribution in [1.82, 2.24) is 4.90 Å². The molecule has 1 aromatic rings. The molecule has 1 unspecified atom stereocenters. The van der Waals surface area contributed by atoms with Gasteiger partial charge in [-0.05, 0) is 34.7 Å². The summed E-state index contributed by atoms with van der Waals surface area (Å²) in [5.41, 5.74) is 0.483. The molecule has 7 heteroatoms. The Balaban J connectivity index is 2.24. The SMILES string of the molecule is O=C(c1cc(Cl)cc(Cl)c1I)N1CCOC(CO)C1. The number of hydrogen-bond donors (Lipinski definition) is 1. The summed E-state index contributed by atoms with van der Waals surface area (Å²) in [5.74, 6) is -0.143. The number of morpholine rings is 1. The van der Waals surface area contributed by atoms with Crippen LogP contribution in [0.4, 0.5) is 0 Å². The molecule has 0 bridgehead atoms. The molecule has 0 aromatic heterocycles. The van der Waals surface area contributed by atoms with Gasteiger partial charge in [0.2, 0.25) is 0 Å². The lowest BCUT2D eigenvalue weighted by Crippen LogP contribution is -2.47. The van der Waals surface area contributed by atoms with E-state index in [1.54, 1.807) is 17.0 Å². The van der Waals surface area contributed by atoms with Crippen LogP contribution in [0.25, 0.3) is 0 Å². The van der Waals surface area contributed by atoms with Gasteiger partial charge in [0.25, 0.3) is 5.91 Å². The molecule has 104 valence electrons. The predicted octanol–water partition coefficient (Wildman–Crippen LogP) is 2.43. The number of ether oxygens (including phenoxy) is 1. The summed E-state index contributed by atoms with van der Waals surface area (Å²) in [5, 5.41) is 9.99. The normalized spacial score (nSPS) is 19.6. The molecule has 4 nitrogen and oxygen atoms in total. The number of nitrogens with zero attached hydrogens (tertiary/aromatic N) is 1. The van der Waals surface area contributed by atoms with Crippen LogP contribution in [0.5, 0.6) is 0 Å². The average Bonchev–Trinajstić information content (AvgIpc) is 2.42. The van der Waals surface area contributed by atoms with E-state index in [1.807, 2.05) is 22.6 Å². The average molecular weight is 416 g/mol. The van der Waals surface area contributed by atoms with Crippen molar-refractivity contribution in [2.75, 3.05) is 26.3 Å². The molecule has 19 heavy (non-hydrogen) atoms. The van der Waals surface area contributed by atoms with Crippen molar-refractivity contribution < 1.29 is 14.6 Å². The summed E-state index contributed by atoms with van der Waals surface area (Å²) in [6, 6.07) is 3.22. The molecule has 1 amide bonds. The first-order valence-corrected chi connectivity index (χ1v) is 7.52. The van der Waals surface area contributed by atoms with Crippen LogP contribution >= 0.6 is 45.8 Å². The van der Waals surface area contributed by atoms with Crippen LogP contribution in [0.1, 0.15) is 10.4 Å². The summed E-state index contributed by atoms with van der Waals surface area (Å²) in [7, 11) is 0. The molecule has 0 saturated carbocycles. The standard InChI is InChI=1S/C12H12Cl2INO3/c13-7-3-9(11(15)10(14)4-7)12(18)16-1-2-19-8(5-16)6-17/h3-4,8,17H,1-2,5-6H2. The van der Waals surface area contributed by atoms with E-state index >= 15 is 0 Å². The molecular weight excluding hydrogens is 404 g/mol. The van der Waals surface area contributed by atoms with Crippen molar-refractivity contribution in [3.05, 3.63) is 31.3 Å². The van der Waals surface area contributed by atoms with Crippen LogP contribution < -0.4 is 0 Å². The second-order valence-corrected chi connectivity index (χ2v) is 6.10. The molecule has 1 N–H and O–H groups in total. The number of rotatable bonds is 2. The van der Waals surface area contributed by atoms with Gasteiger partial charge in [0.1, 0.15) is 0 Å². The zero-order valence-corrected chi connectivity index (χ0v) is 13.6. The van der Waals surface area contributed by atoms with Crippen molar-refractivity contribution >= 4 is 51.7 Å². The van der Waals surface area contributed by atoms with Crippen molar-refractivity contribution in [2.24, 2.45) is 0 Å². The highest BCUT2D eigenvalue weighted by Crippen LogP contribution is 2.28. The fourth-order valence-corrected chi connectivity index (χ4v) is 2.93. The number of halogens is 3. The minimum absolute atomic E-state index is 0.100. The van der Waals surface area contributed by atoms with Crippen LogP contribution in [0.15, 0.2) is 12.1 Å². The largest absolute Gasteiger partial charge is 0.394 e. The van der Waals surface area contributed by atoms with Crippen LogP contribution in [-0.4, -0.2) is 48.3 Å². The number of carbonyl (C=O) groups is 1. The molecule has 1 aliphatic heterocycles. The number of aliphatic hydroxyl groups excluding tert-OH is 1. The highest BCUT2D eigenvalue weighted by molar-refractivity contribution is 14.1. The third-order valence-corrected chi connectivity index (χ3v) is 4.85. The number of carbonyl (C=O) groups excluding carboxylic acids is 1. The molecule has 1 heterocycles. The zero-order chi connectivity index (χ0) is 14.0. The Morgan fingerprint density at radius 1 is 1.53 bits per heavy atom. The monoisotopic (exact) mass is 415 g/mol. The first-order valence-electron chi connectivity index (χ1n) is 5.69. The molecule has 1 aromatic carbocycles. The molecule has 2 rings (SSSR count). The van der Waals surface area contributed by atoms with Crippen molar-refractivity contribution in [2.45, 2.75) is 6.10 Å². The van der Waals surface area contributed by atoms with Crippen molar-refractivity contribution in [3.63, 3.8) is 0 Å². The van der Waals surface area contributed by atoms with Gasteiger partial charge in [-0.15, -0.1) is 0 Å². The lowest BCUT2D eigenvalue weighted by atomic mass is 10.1. The van der Waals surface area contributed by atoms with Gasteiger partial charge in [-0.25, -0.2) is 0 Å². The third kappa shape index (κ3) is 3.52. The number of amides is 1. The van der Waals surface area contributed by atoms with Gasteiger partial charge in [0.05, 0.1) is 29.9 Å². The zero-order valence-electron chi connectivity index (χ0n) is 9.91. The quantitative estimate of drug-likeness (QED) is 0.596. The molecule has 1 saturated heterocycles. The van der Waals surface area contributed by atoms with Gasteiger partial charge >= 0.3 is 0 Å². The number of benzene rings is 1. The van der Waals surface area contributed by atoms with Gasteiger partial charge in [-0.1, -0.05) is 23.2 Å². The first kappa shape index (κ1) is 15.3. The van der Waals surface area contributed by atoms with E-state index in [0.717, 1.165) is 0 Å². The summed E-state index contributed by atoms with van der Waals surface area (Å²) in [6.45, 7) is 1.18. The predicted molar refractivity (Wildman–Crippen MR) is 81.9 cm³/mol. The lowest BCUT2D eigenvalue weighted by molar-refractivity contribution is -0.0447. The number of hydrogen-bond acceptors (Lipinski definition) is 3. The summed E-state index contributed by atoms with van der Waals surface area (Å²) >= 11 is 14.0. The fraction of sp³-hybridized carbons (Fsp3) is 0.417. The van der Waals surface area contributed by atoms with Gasteiger partial charge in [-0.3, -0.25) is 4.79 Å².